The van der Waals surface area contributed by atoms with Gasteiger partial charge in [-0.1, -0.05) is 0 Å². The lowest BCUT2D eigenvalue weighted by Crippen LogP contribution is -2.38. The topological polar surface area (TPSA) is 109 Å². The number of carbonyl (C=O) groups is 1. The molecule has 0 aliphatic heterocycles. The summed E-state index contributed by atoms with van der Waals surface area (Å²) in [5, 5.41) is 11.4. The summed E-state index contributed by atoms with van der Waals surface area (Å²) in [5.74, 6) is 0.289. The molecule has 2 aliphatic carbocycles. The molecule has 0 spiro atoms. The summed E-state index contributed by atoms with van der Waals surface area (Å²) in [6.45, 7) is 0.225. The highest BCUT2D eigenvalue weighted by Gasteiger charge is 2.43. The number of aromatic nitrogens is 5. The maximum absolute atomic E-state index is 13.9. The Morgan fingerprint density at radius 1 is 1.29 bits per heavy atom. The number of H-pyrrole nitrogens is 1. The number of aromatic amines is 1. The standard InChI is InChI=1S/C25H28FN7O2/c1-35-17-4-2-16(3-5-17)31-23(34)20-13-30-33-9-6-15(10-21(20)33)18-11-27-22-19(18)12-28-24(32-22)29-14-25(26)7-8-25/h6,9-13,16-17H,2-5,7-8,14H2,1H3,(H,31,34)(H2,27,28,29,32). The Morgan fingerprint density at radius 2 is 2.11 bits per heavy atom. The lowest BCUT2D eigenvalue weighted by molar-refractivity contribution is 0.0599. The summed E-state index contributed by atoms with van der Waals surface area (Å²) in [6.07, 6.45) is 12.2. The third-order valence-electron chi connectivity index (χ3n) is 7.21. The van der Waals surface area contributed by atoms with E-state index in [1.54, 1.807) is 24.0 Å². The number of methoxy groups -OCH3 is 1. The van der Waals surface area contributed by atoms with Gasteiger partial charge in [0.15, 0.2) is 0 Å². The molecule has 0 radical (unpaired) electrons. The molecule has 0 bridgehead atoms. The van der Waals surface area contributed by atoms with Gasteiger partial charge in [-0.3, -0.25) is 4.79 Å². The van der Waals surface area contributed by atoms with Gasteiger partial charge < -0.3 is 20.4 Å². The molecule has 0 atom stereocenters. The Balaban J connectivity index is 1.23. The lowest BCUT2D eigenvalue weighted by Gasteiger charge is -2.28. The number of carbonyl (C=O) groups excluding carboxylic acids is 1. The summed E-state index contributed by atoms with van der Waals surface area (Å²) in [6, 6.07) is 4.05. The van der Waals surface area contributed by atoms with Gasteiger partial charge in [0.05, 0.1) is 29.9 Å². The predicted octanol–water partition coefficient (Wildman–Crippen LogP) is 3.87. The number of halogens is 1. The highest BCUT2D eigenvalue weighted by atomic mass is 19.1. The number of nitrogens with one attached hydrogen (secondary N) is 3. The van der Waals surface area contributed by atoms with Crippen molar-refractivity contribution in [2.45, 2.75) is 56.3 Å². The van der Waals surface area contributed by atoms with Crippen LogP contribution in [-0.4, -0.2) is 61.9 Å². The van der Waals surface area contributed by atoms with Gasteiger partial charge in [-0.15, -0.1) is 0 Å². The minimum atomic E-state index is -1.12. The zero-order chi connectivity index (χ0) is 24.0. The van der Waals surface area contributed by atoms with Gasteiger partial charge in [0.25, 0.3) is 5.91 Å². The molecule has 35 heavy (non-hydrogen) atoms. The zero-order valence-corrected chi connectivity index (χ0v) is 19.6. The molecule has 4 heterocycles. The molecule has 9 nitrogen and oxygen atoms in total. The average molecular weight is 478 g/mol. The minimum absolute atomic E-state index is 0.114. The molecule has 3 N–H and O–H groups in total. The van der Waals surface area contributed by atoms with Crippen LogP contribution in [0.15, 0.2) is 36.9 Å². The molecule has 4 aromatic rings. The van der Waals surface area contributed by atoms with Gasteiger partial charge in [-0.2, -0.15) is 10.1 Å². The van der Waals surface area contributed by atoms with Crippen molar-refractivity contribution in [3.8, 4) is 11.1 Å². The van der Waals surface area contributed by atoms with Crippen LogP contribution in [-0.2, 0) is 4.74 Å². The van der Waals surface area contributed by atoms with Crippen molar-refractivity contribution in [2.75, 3.05) is 19.0 Å². The molecule has 1 amide bonds. The second kappa shape index (κ2) is 8.60. The molecular formula is C25H28FN7O2. The van der Waals surface area contributed by atoms with Crippen molar-refractivity contribution >= 4 is 28.4 Å². The number of amides is 1. The number of hydrogen-bond donors (Lipinski definition) is 3. The summed E-state index contributed by atoms with van der Waals surface area (Å²) in [7, 11) is 1.74. The maximum atomic E-state index is 13.9. The van der Waals surface area contributed by atoms with Crippen LogP contribution in [0, 0.1) is 0 Å². The smallest absolute Gasteiger partial charge is 0.255 e. The van der Waals surface area contributed by atoms with E-state index in [-0.39, 0.29) is 24.6 Å². The normalized spacial score (nSPS) is 21.3. The molecule has 2 saturated carbocycles. The third-order valence-corrected chi connectivity index (χ3v) is 7.21. The minimum Gasteiger partial charge on any atom is -0.381 e. The first-order valence-electron chi connectivity index (χ1n) is 12.1. The molecule has 0 unspecified atom stereocenters. The monoisotopic (exact) mass is 477 g/mol. The number of nitrogens with zero attached hydrogens (tertiary/aromatic N) is 4. The highest BCUT2D eigenvalue weighted by molar-refractivity contribution is 6.02. The van der Waals surface area contributed by atoms with Crippen LogP contribution in [0.2, 0.25) is 0 Å². The number of fused-ring (bicyclic) bond motifs is 2. The average Bonchev–Trinajstić information content (AvgIpc) is 3.28. The van der Waals surface area contributed by atoms with Gasteiger partial charge in [0.2, 0.25) is 5.95 Å². The second-order valence-electron chi connectivity index (χ2n) is 9.65. The first-order chi connectivity index (χ1) is 17.0. The summed E-state index contributed by atoms with van der Waals surface area (Å²) < 4.78 is 21.0. The van der Waals surface area contributed by atoms with Crippen LogP contribution in [0.5, 0.6) is 0 Å². The molecular weight excluding hydrogens is 449 g/mol. The van der Waals surface area contributed by atoms with E-state index in [1.807, 2.05) is 24.5 Å². The first kappa shape index (κ1) is 22.0. The van der Waals surface area contributed by atoms with Gasteiger partial charge >= 0.3 is 0 Å². The summed E-state index contributed by atoms with van der Waals surface area (Å²) in [4.78, 5) is 25.1. The van der Waals surface area contributed by atoms with Crippen molar-refractivity contribution in [3.05, 3.63) is 42.5 Å². The fourth-order valence-electron chi connectivity index (χ4n) is 4.81. The van der Waals surface area contributed by atoms with Crippen LogP contribution in [0.3, 0.4) is 0 Å². The van der Waals surface area contributed by atoms with Gasteiger partial charge in [-0.25, -0.2) is 13.9 Å². The Labute approximate surface area is 201 Å². The van der Waals surface area contributed by atoms with E-state index in [4.69, 9.17) is 4.74 Å². The van der Waals surface area contributed by atoms with Crippen molar-refractivity contribution in [1.82, 2.24) is 29.9 Å². The lowest BCUT2D eigenvalue weighted by atomic mass is 9.93. The fourth-order valence-corrected chi connectivity index (χ4v) is 4.81. The number of pyridine rings is 1. The number of alkyl halides is 1. The molecule has 0 aromatic carbocycles. The van der Waals surface area contributed by atoms with Crippen LogP contribution < -0.4 is 10.6 Å². The van der Waals surface area contributed by atoms with Crippen molar-refractivity contribution in [1.29, 1.82) is 0 Å². The maximum Gasteiger partial charge on any atom is 0.255 e. The summed E-state index contributed by atoms with van der Waals surface area (Å²) >= 11 is 0. The van der Waals surface area contributed by atoms with Gasteiger partial charge in [-0.05, 0) is 56.2 Å². The number of hydrogen-bond acceptors (Lipinski definition) is 6. The van der Waals surface area contributed by atoms with E-state index >= 15 is 0 Å². The largest absolute Gasteiger partial charge is 0.381 e. The van der Waals surface area contributed by atoms with Crippen molar-refractivity contribution < 1.29 is 13.9 Å². The molecule has 2 aliphatic rings. The van der Waals surface area contributed by atoms with E-state index in [2.05, 4.69) is 30.7 Å². The first-order valence-corrected chi connectivity index (χ1v) is 12.1. The zero-order valence-electron chi connectivity index (χ0n) is 19.6. The van der Waals surface area contributed by atoms with Crippen LogP contribution in [0.4, 0.5) is 10.3 Å². The third kappa shape index (κ3) is 4.34. The van der Waals surface area contributed by atoms with Crippen LogP contribution in [0.1, 0.15) is 48.9 Å². The van der Waals surface area contributed by atoms with E-state index in [0.29, 0.717) is 30.0 Å². The Bertz CT molecular complexity index is 1390. The predicted molar refractivity (Wildman–Crippen MR) is 130 cm³/mol. The number of anilines is 1. The molecule has 2 fully saturated rings. The molecule has 0 saturated heterocycles. The van der Waals surface area contributed by atoms with E-state index < -0.39 is 5.67 Å². The SMILES string of the molecule is COC1CCC(NC(=O)c2cnn3ccc(-c4c[nH]c5nc(NCC6(F)CC6)ncc45)cc23)CC1. The van der Waals surface area contributed by atoms with Crippen molar-refractivity contribution in [3.63, 3.8) is 0 Å². The molecule has 182 valence electrons. The molecule has 6 rings (SSSR count). The van der Waals surface area contributed by atoms with Crippen LogP contribution in [0.25, 0.3) is 27.7 Å². The highest BCUT2D eigenvalue weighted by Crippen LogP contribution is 2.39. The number of rotatable bonds is 7. The molecule has 10 heteroatoms. The second-order valence-corrected chi connectivity index (χ2v) is 9.65. The number of ether oxygens (including phenoxy) is 1. The Kier molecular flexibility index (Phi) is 5.40. The van der Waals surface area contributed by atoms with Gasteiger partial charge in [0.1, 0.15) is 11.3 Å². The summed E-state index contributed by atoms with van der Waals surface area (Å²) in [5.41, 5.74) is 2.67. The van der Waals surface area contributed by atoms with Crippen molar-refractivity contribution in [2.24, 2.45) is 0 Å². The van der Waals surface area contributed by atoms with E-state index in [0.717, 1.165) is 47.7 Å². The Hall–Kier alpha value is -3.53. The van der Waals surface area contributed by atoms with Crippen LogP contribution >= 0.6 is 0 Å². The van der Waals surface area contributed by atoms with E-state index in [9.17, 15) is 9.18 Å². The van der Waals surface area contributed by atoms with E-state index in [1.165, 1.54) is 0 Å². The van der Waals surface area contributed by atoms with Gasteiger partial charge in [0, 0.05) is 42.7 Å². The fraction of sp³-hybridized carbons (Fsp3) is 0.440. The quantitative estimate of drug-likeness (QED) is 0.373. The Morgan fingerprint density at radius 3 is 2.89 bits per heavy atom. The molecule has 4 aromatic heterocycles.